The molecule has 13 nitrogen and oxygen atoms in total. The zero-order valence-electron chi connectivity index (χ0n) is 28.1. The highest BCUT2D eigenvalue weighted by Crippen LogP contribution is 2.31. The molecule has 0 spiro atoms. The summed E-state index contributed by atoms with van der Waals surface area (Å²) in [4.78, 5) is 21.6. The molecular formula is C35H35ClF2N10O3. The van der Waals surface area contributed by atoms with Gasteiger partial charge in [0.1, 0.15) is 5.69 Å². The molecule has 4 heterocycles. The molecule has 0 fully saturated rings. The number of tetrazole rings is 1. The minimum atomic E-state index is -0.949. The van der Waals surface area contributed by atoms with E-state index in [1.165, 1.54) is 6.07 Å². The Kier molecular flexibility index (Phi) is 12.8. The van der Waals surface area contributed by atoms with Gasteiger partial charge in [-0.3, -0.25) is 0 Å². The molecule has 0 atom stereocenters. The number of pyridine rings is 1. The van der Waals surface area contributed by atoms with Crippen LogP contribution in [0.4, 0.5) is 14.7 Å². The summed E-state index contributed by atoms with van der Waals surface area (Å²) in [6, 6.07) is 13.1. The maximum absolute atomic E-state index is 13.6. The van der Waals surface area contributed by atoms with Crippen LogP contribution in [0, 0.1) is 11.6 Å². The van der Waals surface area contributed by atoms with Crippen molar-refractivity contribution in [1.29, 1.82) is 0 Å². The Bertz CT molecular complexity index is 2050. The molecule has 0 unspecified atom stereocenters. The second-order valence-corrected chi connectivity index (χ2v) is 11.3. The van der Waals surface area contributed by atoms with E-state index >= 15 is 0 Å². The van der Waals surface area contributed by atoms with Crippen molar-refractivity contribution in [3.8, 4) is 34.1 Å². The third-order valence-electron chi connectivity index (χ3n) is 7.20. The summed E-state index contributed by atoms with van der Waals surface area (Å²) in [5.41, 5.74) is 4.92. The number of aliphatic hydroxyl groups is 1. The van der Waals surface area contributed by atoms with E-state index in [-0.39, 0.29) is 12.5 Å². The van der Waals surface area contributed by atoms with Crippen LogP contribution in [0.2, 0.25) is 5.02 Å². The third-order valence-corrected chi connectivity index (χ3v) is 7.43. The number of benzene rings is 2. The fraction of sp³-hybridized carbons (Fsp3) is 0.257. The number of aliphatic hydroxyl groups excluding tert-OH is 1. The fourth-order valence-corrected chi connectivity index (χ4v) is 5.07. The van der Waals surface area contributed by atoms with Crippen molar-refractivity contribution in [2.75, 3.05) is 32.2 Å². The second kappa shape index (κ2) is 17.8. The average molecular weight is 717 g/mol. The third kappa shape index (κ3) is 9.73. The maximum Gasteiger partial charge on any atom is 0.240 e. The van der Waals surface area contributed by atoms with E-state index in [1.807, 2.05) is 44.2 Å². The molecule has 0 saturated heterocycles. The summed E-state index contributed by atoms with van der Waals surface area (Å²) in [5, 5.41) is 24.3. The molecule has 264 valence electrons. The molecule has 0 saturated carbocycles. The quantitative estimate of drug-likeness (QED) is 0.152. The van der Waals surface area contributed by atoms with E-state index in [0.717, 1.165) is 40.9 Å². The van der Waals surface area contributed by atoms with E-state index in [4.69, 9.17) is 26.2 Å². The molecule has 0 aliphatic heterocycles. The number of nitrogens with one attached hydrogen (secondary N) is 1. The minimum Gasteiger partial charge on any atom is -0.481 e. The molecule has 16 heteroatoms. The van der Waals surface area contributed by atoms with E-state index in [2.05, 4.69) is 45.8 Å². The molecule has 0 amide bonds. The Morgan fingerprint density at radius 2 is 1.67 bits per heavy atom. The number of hydrogen-bond donors (Lipinski definition) is 2. The van der Waals surface area contributed by atoms with Crippen molar-refractivity contribution in [2.45, 2.75) is 33.2 Å². The molecule has 6 rings (SSSR count). The predicted molar refractivity (Wildman–Crippen MR) is 186 cm³/mol. The van der Waals surface area contributed by atoms with Gasteiger partial charge in [0.25, 0.3) is 0 Å². The number of ether oxygens (including phenoxy) is 2. The van der Waals surface area contributed by atoms with E-state index in [1.54, 1.807) is 36.6 Å². The number of aromatic nitrogens is 9. The van der Waals surface area contributed by atoms with Crippen molar-refractivity contribution in [1.82, 2.24) is 45.1 Å². The number of methoxy groups -OCH3 is 1. The Morgan fingerprint density at radius 1 is 0.882 bits per heavy atom. The van der Waals surface area contributed by atoms with Gasteiger partial charge in [-0.05, 0) is 77.4 Å². The first kappa shape index (κ1) is 36.6. The Hall–Kier alpha value is -5.67. The monoisotopic (exact) mass is 716 g/mol. The lowest BCUT2D eigenvalue weighted by Crippen LogP contribution is -2.09. The fourth-order valence-electron chi connectivity index (χ4n) is 4.88. The lowest BCUT2D eigenvalue weighted by atomic mass is 10.1. The number of anilines is 1. The lowest BCUT2D eigenvalue weighted by Gasteiger charge is -2.11. The average Bonchev–Trinajstić information content (AvgIpc) is 3.57. The molecule has 0 radical (unpaired) electrons. The van der Waals surface area contributed by atoms with Gasteiger partial charge in [0, 0.05) is 54.1 Å². The largest absolute Gasteiger partial charge is 0.481 e. The normalized spacial score (nSPS) is 10.7. The van der Waals surface area contributed by atoms with Gasteiger partial charge in [-0.2, -0.15) is 0 Å². The minimum absolute atomic E-state index is 0.00496. The first-order valence-corrected chi connectivity index (χ1v) is 16.3. The summed E-state index contributed by atoms with van der Waals surface area (Å²) >= 11 is 6.09. The molecule has 0 aliphatic carbocycles. The van der Waals surface area contributed by atoms with Crippen LogP contribution < -0.4 is 14.8 Å². The van der Waals surface area contributed by atoms with E-state index < -0.39 is 11.6 Å². The van der Waals surface area contributed by atoms with Gasteiger partial charge in [-0.25, -0.2) is 38.4 Å². The van der Waals surface area contributed by atoms with Crippen molar-refractivity contribution in [2.24, 2.45) is 0 Å². The SMILES string of the molecule is CCNc1ncc(Cc2cnc(OCC)c(-c3ccc(F)c(F)c3)n2)cn1.COc1ncc(Cn2nnnc2CCO)cc1-c1cccc(Cl)c1. The lowest BCUT2D eigenvalue weighted by molar-refractivity contribution is 0.294. The smallest absolute Gasteiger partial charge is 0.240 e. The van der Waals surface area contributed by atoms with Crippen LogP contribution in [0.5, 0.6) is 11.8 Å². The predicted octanol–water partition coefficient (Wildman–Crippen LogP) is 5.61. The highest BCUT2D eigenvalue weighted by Gasteiger charge is 2.15. The highest BCUT2D eigenvalue weighted by molar-refractivity contribution is 6.30. The maximum atomic E-state index is 13.6. The van der Waals surface area contributed by atoms with Crippen LogP contribution in [0.25, 0.3) is 22.4 Å². The van der Waals surface area contributed by atoms with Crippen molar-refractivity contribution in [3.05, 3.63) is 113 Å². The van der Waals surface area contributed by atoms with Crippen molar-refractivity contribution >= 4 is 17.5 Å². The van der Waals surface area contributed by atoms with Gasteiger partial charge >= 0.3 is 0 Å². The van der Waals surface area contributed by atoms with Gasteiger partial charge in [-0.1, -0.05) is 23.7 Å². The van der Waals surface area contributed by atoms with Crippen LogP contribution in [-0.4, -0.2) is 77.1 Å². The summed E-state index contributed by atoms with van der Waals surface area (Å²) in [6.45, 7) is 5.34. The molecule has 6 aromatic rings. The molecular weight excluding hydrogens is 682 g/mol. The second-order valence-electron chi connectivity index (χ2n) is 10.8. The zero-order valence-corrected chi connectivity index (χ0v) is 28.8. The Balaban J connectivity index is 0.000000199. The molecule has 2 N–H and O–H groups in total. The van der Waals surface area contributed by atoms with Gasteiger partial charge in [0.2, 0.25) is 17.7 Å². The van der Waals surface area contributed by atoms with Crippen LogP contribution in [-0.2, 0) is 19.4 Å². The van der Waals surface area contributed by atoms with Gasteiger partial charge in [0.15, 0.2) is 17.5 Å². The Labute approximate surface area is 297 Å². The number of hydrogen-bond acceptors (Lipinski definition) is 12. The number of nitrogens with zero attached hydrogens (tertiary/aromatic N) is 9. The van der Waals surface area contributed by atoms with Crippen LogP contribution >= 0.6 is 11.6 Å². The van der Waals surface area contributed by atoms with E-state index in [9.17, 15) is 8.78 Å². The van der Waals surface area contributed by atoms with Crippen molar-refractivity contribution in [3.63, 3.8) is 0 Å². The van der Waals surface area contributed by atoms with Crippen LogP contribution in [0.3, 0.4) is 0 Å². The molecule has 4 aromatic heterocycles. The highest BCUT2D eigenvalue weighted by atomic mass is 35.5. The summed E-state index contributed by atoms with van der Waals surface area (Å²) in [5.74, 6) is 0.103. The summed E-state index contributed by atoms with van der Waals surface area (Å²) < 4.78 is 39.4. The first-order chi connectivity index (χ1) is 24.8. The van der Waals surface area contributed by atoms with Gasteiger partial charge in [-0.15, -0.1) is 5.10 Å². The number of halogens is 3. The topological polar surface area (TPSA) is 159 Å². The Morgan fingerprint density at radius 3 is 2.37 bits per heavy atom. The molecule has 51 heavy (non-hydrogen) atoms. The van der Waals surface area contributed by atoms with Crippen LogP contribution in [0.1, 0.15) is 36.5 Å². The molecule has 0 aliphatic rings. The van der Waals surface area contributed by atoms with Gasteiger partial charge < -0.3 is 19.9 Å². The zero-order chi connectivity index (χ0) is 36.2. The number of rotatable bonds is 13. The van der Waals surface area contributed by atoms with E-state index in [0.29, 0.717) is 65.6 Å². The summed E-state index contributed by atoms with van der Waals surface area (Å²) in [7, 11) is 1.58. The van der Waals surface area contributed by atoms with Crippen molar-refractivity contribution < 1.29 is 23.4 Å². The molecule has 2 aromatic carbocycles. The van der Waals surface area contributed by atoms with Gasteiger partial charge in [0.05, 0.1) is 38.8 Å². The van der Waals surface area contributed by atoms with Crippen LogP contribution in [0.15, 0.2) is 73.3 Å². The summed E-state index contributed by atoms with van der Waals surface area (Å²) in [6.07, 6.45) is 7.57. The standard InChI is InChI=1S/C19H19F2N5O.C16H16ClN5O2/c1-3-22-19-24-9-12(10-25-19)7-14-11-23-18(27-4-2)17(26-14)13-5-6-15(20)16(21)8-13;1-24-16-14(12-3-2-4-13(17)8-12)7-11(9-18-16)10-22-15(5-6-23)19-20-21-22/h5-6,8-11H,3-4,7H2,1-2H3,(H,22,24,25);2-4,7-9,23H,5-6,10H2,1H3. The molecule has 0 bridgehead atoms. The first-order valence-electron chi connectivity index (χ1n) is 15.9.